The number of methoxy groups -OCH3 is 1. The average molecular weight is 505 g/mol. The number of esters is 1. The number of aliphatic hydroxyl groups excluding tert-OH is 1. The van der Waals surface area contributed by atoms with Crippen molar-refractivity contribution in [1.82, 2.24) is 19.3 Å². The van der Waals surface area contributed by atoms with Crippen LogP contribution in [0.2, 0.25) is 0 Å². The molecule has 0 bridgehead atoms. The Bertz CT molecular complexity index is 1170. The van der Waals surface area contributed by atoms with Crippen LogP contribution >= 0.6 is 23.3 Å². The number of ether oxygens (including phenoxy) is 2. The number of aromatic nitrogens is 3. The topological polar surface area (TPSA) is 98.0 Å². The fraction of sp³-hybridized carbons (Fsp3) is 0.542. The van der Waals surface area contributed by atoms with Crippen LogP contribution in [0.15, 0.2) is 23.1 Å². The summed E-state index contributed by atoms with van der Waals surface area (Å²) in [5, 5.41) is 15.2. The lowest BCUT2D eigenvalue weighted by atomic mass is 9.94. The minimum Gasteiger partial charge on any atom is -0.496 e. The molecule has 10 heteroatoms. The largest absolute Gasteiger partial charge is 0.496 e. The van der Waals surface area contributed by atoms with Gasteiger partial charge < -0.3 is 14.6 Å². The zero-order chi connectivity index (χ0) is 24.5. The molecule has 0 saturated heterocycles. The molecule has 0 unspecified atom stereocenters. The van der Waals surface area contributed by atoms with Crippen LogP contribution in [0.3, 0.4) is 0 Å². The first-order valence-corrected chi connectivity index (χ1v) is 13.2. The summed E-state index contributed by atoms with van der Waals surface area (Å²) in [6.45, 7) is 7.75. The molecule has 2 heterocycles. The van der Waals surface area contributed by atoms with E-state index in [0.717, 1.165) is 58.2 Å². The fourth-order valence-corrected chi connectivity index (χ4v) is 6.08. The van der Waals surface area contributed by atoms with Gasteiger partial charge in [-0.3, -0.25) is 9.52 Å². The predicted molar refractivity (Wildman–Crippen MR) is 135 cm³/mol. The zero-order valence-corrected chi connectivity index (χ0v) is 21.9. The van der Waals surface area contributed by atoms with Gasteiger partial charge in [0.2, 0.25) is 4.96 Å². The van der Waals surface area contributed by atoms with E-state index in [9.17, 15) is 9.90 Å². The Kier molecular flexibility index (Phi) is 7.51. The summed E-state index contributed by atoms with van der Waals surface area (Å²) >= 11 is 2.96. The number of hydrogen-bond donors (Lipinski definition) is 2. The van der Waals surface area contributed by atoms with Crippen molar-refractivity contribution in [3.8, 4) is 17.0 Å². The van der Waals surface area contributed by atoms with E-state index in [1.165, 1.54) is 11.3 Å². The molecule has 8 nitrogen and oxygen atoms in total. The third-order valence-corrected chi connectivity index (χ3v) is 8.39. The maximum atomic E-state index is 12.5. The molecule has 3 aromatic rings. The number of hydrogen-bond acceptors (Lipinski definition) is 9. The molecule has 1 aliphatic carbocycles. The zero-order valence-electron chi connectivity index (χ0n) is 20.3. The molecular formula is C24H32N4O4S2. The summed E-state index contributed by atoms with van der Waals surface area (Å²) in [5.74, 6) is 0.493. The van der Waals surface area contributed by atoms with Crippen LogP contribution in [0.1, 0.15) is 57.2 Å². The molecule has 34 heavy (non-hydrogen) atoms. The number of nitrogens with zero attached hydrogens (tertiary/aromatic N) is 3. The lowest BCUT2D eigenvalue weighted by molar-refractivity contribution is -0.148. The monoisotopic (exact) mass is 504 g/mol. The van der Waals surface area contributed by atoms with E-state index >= 15 is 0 Å². The van der Waals surface area contributed by atoms with Crippen LogP contribution in [0, 0.1) is 6.92 Å². The first-order valence-electron chi connectivity index (χ1n) is 11.6. The van der Waals surface area contributed by atoms with Gasteiger partial charge in [-0.1, -0.05) is 11.3 Å². The second-order valence-corrected chi connectivity index (χ2v) is 10.9. The van der Waals surface area contributed by atoms with Crippen LogP contribution < -0.4 is 9.46 Å². The Hall–Kier alpha value is -2.14. The molecule has 2 N–H and O–H groups in total. The van der Waals surface area contributed by atoms with Gasteiger partial charge in [0, 0.05) is 11.6 Å². The molecule has 0 aliphatic heterocycles. The highest BCUT2D eigenvalue weighted by atomic mass is 32.2. The molecule has 0 amide bonds. The van der Waals surface area contributed by atoms with Crippen molar-refractivity contribution in [3.63, 3.8) is 0 Å². The van der Waals surface area contributed by atoms with Crippen LogP contribution in [-0.2, 0) is 14.9 Å². The Morgan fingerprint density at radius 2 is 2.06 bits per heavy atom. The van der Waals surface area contributed by atoms with Gasteiger partial charge in [0.15, 0.2) is 0 Å². The Labute approximate surface area is 208 Å². The molecule has 1 fully saturated rings. The number of carbonyl (C=O) groups is 1. The van der Waals surface area contributed by atoms with Crippen LogP contribution in [0.4, 0.5) is 0 Å². The third kappa shape index (κ3) is 4.95. The quantitative estimate of drug-likeness (QED) is 0.341. The minimum atomic E-state index is -0.856. The van der Waals surface area contributed by atoms with E-state index in [1.807, 2.05) is 37.4 Å². The summed E-state index contributed by atoms with van der Waals surface area (Å²) in [7, 11) is 1.67. The van der Waals surface area contributed by atoms with E-state index in [2.05, 4.69) is 10.8 Å². The maximum absolute atomic E-state index is 12.5. The molecule has 1 aromatic carbocycles. The van der Waals surface area contributed by atoms with E-state index in [1.54, 1.807) is 26.0 Å². The number of carbonyl (C=O) groups excluding carboxylic acids is 1. The highest BCUT2D eigenvalue weighted by Crippen LogP contribution is 2.37. The van der Waals surface area contributed by atoms with Gasteiger partial charge in [-0.15, -0.1) is 0 Å². The molecular weight excluding hydrogens is 472 g/mol. The lowest BCUT2D eigenvalue weighted by Crippen LogP contribution is -2.31. The highest BCUT2D eigenvalue weighted by Gasteiger charge is 2.36. The van der Waals surface area contributed by atoms with Crippen LogP contribution in [-0.4, -0.2) is 51.5 Å². The van der Waals surface area contributed by atoms with Crippen molar-refractivity contribution in [2.45, 2.75) is 75.8 Å². The van der Waals surface area contributed by atoms with Gasteiger partial charge in [-0.05, 0) is 83.5 Å². The van der Waals surface area contributed by atoms with E-state index in [0.29, 0.717) is 17.7 Å². The summed E-state index contributed by atoms with van der Waals surface area (Å²) in [5.41, 5.74) is 1.88. The van der Waals surface area contributed by atoms with Crippen LogP contribution in [0.25, 0.3) is 16.2 Å². The molecule has 4 rings (SSSR count). The molecule has 184 valence electrons. The maximum Gasteiger partial charge on any atom is 0.318 e. The first-order chi connectivity index (χ1) is 16.2. The number of rotatable bonds is 8. The van der Waals surface area contributed by atoms with Gasteiger partial charge >= 0.3 is 5.97 Å². The van der Waals surface area contributed by atoms with Gasteiger partial charge in [-0.25, -0.2) is 9.50 Å². The van der Waals surface area contributed by atoms with Crippen LogP contribution in [0.5, 0.6) is 5.75 Å². The molecule has 0 spiro atoms. The SMILES string of the molecule is CCOC(=O)C(C)(C)c1nn2c(-c3ccc(OC)c(SNC4CCC(O)CC4)c3)c(C)nc2s1. The van der Waals surface area contributed by atoms with E-state index in [-0.39, 0.29) is 12.1 Å². The number of aryl methyl sites for hydroxylation is 1. The molecule has 2 aromatic heterocycles. The fourth-order valence-electron chi connectivity index (χ4n) is 4.08. The van der Waals surface area contributed by atoms with Gasteiger partial charge in [0.05, 0.1) is 36.1 Å². The number of imidazole rings is 1. The van der Waals surface area contributed by atoms with Gasteiger partial charge in [-0.2, -0.15) is 5.10 Å². The third-order valence-electron chi connectivity index (χ3n) is 6.17. The summed E-state index contributed by atoms with van der Waals surface area (Å²) in [4.78, 5) is 18.9. The van der Waals surface area contributed by atoms with Crippen molar-refractivity contribution in [2.75, 3.05) is 13.7 Å². The summed E-state index contributed by atoms with van der Waals surface area (Å²) < 4.78 is 16.2. The number of benzene rings is 1. The summed E-state index contributed by atoms with van der Waals surface area (Å²) in [6, 6.07) is 6.40. The highest BCUT2D eigenvalue weighted by molar-refractivity contribution is 7.97. The first kappa shape index (κ1) is 25.0. The number of fused-ring (bicyclic) bond motifs is 1. The van der Waals surface area contributed by atoms with Crippen molar-refractivity contribution in [2.24, 2.45) is 0 Å². The van der Waals surface area contributed by atoms with Crippen molar-refractivity contribution in [3.05, 3.63) is 28.9 Å². The molecule has 1 aliphatic rings. The van der Waals surface area contributed by atoms with Crippen molar-refractivity contribution >= 4 is 34.2 Å². The summed E-state index contributed by atoms with van der Waals surface area (Å²) in [6.07, 6.45) is 3.39. The van der Waals surface area contributed by atoms with Crippen molar-refractivity contribution in [1.29, 1.82) is 0 Å². The normalized spacial score (nSPS) is 18.9. The molecule has 0 radical (unpaired) electrons. The average Bonchev–Trinajstić information content (AvgIpc) is 3.36. The number of nitrogens with one attached hydrogen (secondary N) is 1. The Balaban J connectivity index is 1.64. The van der Waals surface area contributed by atoms with Crippen molar-refractivity contribution < 1.29 is 19.4 Å². The van der Waals surface area contributed by atoms with E-state index < -0.39 is 5.41 Å². The second kappa shape index (κ2) is 10.2. The molecule has 0 atom stereocenters. The minimum absolute atomic E-state index is 0.176. The Morgan fingerprint density at radius 3 is 2.74 bits per heavy atom. The number of aliphatic hydroxyl groups is 1. The van der Waals surface area contributed by atoms with Gasteiger partial charge in [0.1, 0.15) is 16.2 Å². The predicted octanol–water partition coefficient (Wildman–Crippen LogP) is 4.52. The standard InChI is InChI=1S/C24H32N4O4S2/c1-6-32-22(30)24(3,4)21-26-28-20(14(2)25-23(28)33-21)15-7-12-18(31-5)19(13-15)34-27-16-8-10-17(29)11-9-16/h7,12-13,16-17,27,29H,6,8-11H2,1-5H3. The smallest absolute Gasteiger partial charge is 0.318 e. The lowest BCUT2D eigenvalue weighted by Gasteiger charge is -2.26. The van der Waals surface area contributed by atoms with E-state index in [4.69, 9.17) is 19.6 Å². The Morgan fingerprint density at radius 1 is 1.32 bits per heavy atom. The molecule has 1 saturated carbocycles. The second-order valence-electron chi connectivity index (χ2n) is 9.08. The van der Waals surface area contributed by atoms with Gasteiger partial charge in [0.25, 0.3) is 0 Å².